The van der Waals surface area contributed by atoms with Gasteiger partial charge in [0.25, 0.3) is 0 Å². The lowest BCUT2D eigenvalue weighted by molar-refractivity contribution is -0.00355. The number of nitrogens with zero attached hydrogens (tertiary/aromatic N) is 1. The fourth-order valence-corrected chi connectivity index (χ4v) is 2.30. The Hall–Kier alpha value is -0.0800. The Morgan fingerprint density at radius 3 is 2.13 bits per heavy atom. The van der Waals surface area contributed by atoms with Gasteiger partial charge in [0.1, 0.15) is 0 Å². The quantitative estimate of drug-likeness (QED) is 0.613. The molecule has 1 fully saturated rings. The summed E-state index contributed by atoms with van der Waals surface area (Å²) in [5.41, 5.74) is 0.531. The lowest BCUT2D eigenvalue weighted by Crippen LogP contribution is -2.54. The van der Waals surface area contributed by atoms with Gasteiger partial charge in [-0.2, -0.15) is 0 Å². The van der Waals surface area contributed by atoms with Crippen LogP contribution in [-0.2, 0) is 4.74 Å². The molecule has 0 bridgehead atoms. The third-order valence-corrected chi connectivity index (χ3v) is 3.20. The minimum atomic E-state index is 0.242. The first kappa shape index (κ1) is 13.0. The maximum atomic E-state index is 5.72. The molecule has 0 aliphatic carbocycles. The predicted octanol–water partition coefficient (Wildman–Crippen LogP) is 2.92. The molecule has 1 atom stereocenters. The number of hydrogen-bond donors (Lipinski definition) is 0. The average Bonchev–Trinajstić information content (AvgIpc) is 2.24. The zero-order chi connectivity index (χ0) is 11.7. The summed E-state index contributed by atoms with van der Waals surface area (Å²) in [6.45, 7) is 16.8. The van der Waals surface area contributed by atoms with Crippen molar-refractivity contribution in [2.45, 2.75) is 59.5 Å². The highest BCUT2D eigenvalue weighted by molar-refractivity contribution is 4.90. The molecule has 0 amide bonds. The molecule has 0 aromatic rings. The Morgan fingerprint density at radius 2 is 1.67 bits per heavy atom. The van der Waals surface area contributed by atoms with Crippen LogP contribution < -0.4 is 0 Å². The lowest BCUT2D eigenvalue weighted by atomic mass is 9.84. The fraction of sp³-hybridized carbons (Fsp3) is 1.00. The van der Waals surface area contributed by atoms with Gasteiger partial charge in [0.15, 0.2) is 0 Å². The van der Waals surface area contributed by atoms with Gasteiger partial charge in [-0.05, 0) is 32.6 Å². The van der Waals surface area contributed by atoms with Crippen molar-refractivity contribution in [1.82, 2.24) is 4.90 Å². The highest BCUT2D eigenvalue weighted by atomic mass is 16.5. The molecule has 0 aromatic heterocycles. The van der Waals surface area contributed by atoms with E-state index < -0.39 is 0 Å². The van der Waals surface area contributed by atoms with Crippen molar-refractivity contribution < 1.29 is 4.74 Å². The third kappa shape index (κ3) is 3.46. The number of hydrogen-bond acceptors (Lipinski definition) is 2. The van der Waals surface area contributed by atoms with Gasteiger partial charge in [-0.15, -0.1) is 0 Å². The highest BCUT2D eigenvalue weighted by Crippen LogP contribution is 2.31. The van der Waals surface area contributed by atoms with Crippen LogP contribution in [0.2, 0.25) is 0 Å². The van der Waals surface area contributed by atoms with E-state index in [9.17, 15) is 0 Å². The molecule has 1 heterocycles. The molecule has 0 N–H and O–H groups in total. The molecule has 2 nitrogen and oxygen atoms in total. The Kier molecular flexibility index (Phi) is 3.83. The number of ether oxygens (including phenoxy) is 1. The van der Waals surface area contributed by atoms with Gasteiger partial charge in [0.05, 0.1) is 6.61 Å². The van der Waals surface area contributed by atoms with Crippen LogP contribution in [0.1, 0.15) is 48.0 Å². The Morgan fingerprint density at radius 1 is 1.07 bits per heavy atom. The van der Waals surface area contributed by atoms with Crippen molar-refractivity contribution in [3.63, 3.8) is 0 Å². The van der Waals surface area contributed by atoms with Crippen LogP contribution in [0.5, 0.6) is 0 Å². The summed E-state index contributed by atoms with van der Waals surface area (Å²) in [6.07, 6.45) is 1.16. The molecule has 2 heteroatoms. The summed E-state index contributed by atoms with van der Waals surface area (Å²) in [5.74, 6) is 0. The highest BCUT2D eigenvalue weighted by Gasteiger charge is 2.37. The largest absolute Gasteiger partial charge is 0.380 e. The van der Waals surface area contributed by atoms with Gasteiger partial charge in [-0.1, -0.05) is 20.8 Å². The van der Waals surface area contributed by atoms with Crippen LogP contribution in [-0.4, -0.2) is 36.2 Å². The second-order valence-corrected chi connectivity index (χ2v) is 6.67. The molecular formula is C13H27NO. The molecule has 1 saturated heterocycles. The Balaban J connectivity index is 2.86. The van der Waals surface area contributed by atoms with Crippen molar-refractivity contribution in [2.24, 2.45) is 5.41 Å². The minimum absolute atomic E-state index is 0.242. The first-order valence-corrected chi connectivity index (χ1v) is 6.07. The monoisotopic (exact) mass is 213 g/mol. The zero-order valence-corrected chi connectivity index (χ0v) is 11.3. The van der Waals surface area contributed by atoms with Crippen molar-refractivity contribution in [1.29, 1.82) is 0 Å². The molecule has 1 aliphatic rings. The van der Waals surface area contributed by atoms with Crippen molar-refractivity contribution in [3.05, 3.63) is 0 Å². The van der Waals surface area contributed by atoms with E-state index in [0.717, 1.165) is 26.2 Å². The normalized spacial score (nSPS) is 26.4. The van der Waals surface area contributed by atoms with Gasteiger partial charge in [0.2, 0.25) is 0 Å². The van der Waals surface area contributed by atoms with E-state index in [0.29, 0.717) is 6.04 Å². The van der Waals surface area contributed by atoms with Crippen LogP contribution in [0.4, 0.5) is 0 Å². The lowest BCUT2D eigenvalue weighted by Gasteiger charge is -2.46. The summed E-state index contributed by atoms with van der Waals surface area (Å²) < 4.78 is 5.72. The standard InChI is InChI=1S/C13H27NO/c1-12(2,3)11-10-15-9-7-8-14(11)13(4,5)6/h11H,7-10H2,1-6H3/t11-/m0/s1. The zero-order valence-electron chi connectivity index (χ0n) is 11.3. The maximum Gasteiger partial charge on any atom is 0.0627 e. The summed E-state index contributed by atoms with van der Waals surface area (Å²) in [7, 11) is 0. The van der Waals surface area contributed by atoms with E-state index >= 15 is 0 Å². The summed E-state index contributed by atoms with van der Waals surface area (Å²) in [4.78, 5) is 2.61. The van der Waals surface area contributed by atoms with Crippen molar-refractivity contribution >= 4 is 0 Å². The topological polar surface area (TPSA) is 12.5 Å². The fourth-order valence-electron chi connectivity index (χ4n) is 2.30. The molecular weight excluding hydrogens is 186 g/mol. The molecule has 0 radical (unpaired) electrons. The van der Waals surface area contributed by atoms with E-state index in [1.165, 1.54) is 0 Å². The molecule has 1 aliphatic heterocycles. The van der Waals surface area contributed by atoms with Crippen molar-refractivity contribution in [3.8, 4) is 0 Å². The SMILES string of the molecule is CC(C)(C)[C@@H]1COCCCN1C(C)(C)C. The van der Waals surface area contributed by atoms with Crippen LogP contribution >= 0.6 is 0 Å². The summed E-state index contributed by atoms with van der Waals surface area (Å²) in [5, 5.41) is 0. The first-order chi connectivity index (χ1) is 6.73. The van der Waals surface area contributed by atoms with Crippen LogP contribution in [0.3, 0.4) is 0 Å². The van der Waals surface area contributed by atoms with E-state index in [1.807, 2.05) is 0 Å². The van der Waals surface area contributed by atoms with E-state index in [2.05, 4.69) is 46.4 Å². The average molecular weight is 213 g/mol. The molecule has 15 heavy (non-hydrogen) atoms. The maximum absolute atomic E-state index is 5.72. The predicted molar refractivity (Wildman–Crippen MR) is 65.1 cm³/mol. The van der Waals surface area contributed by atoms with Gasteiger partial charge in [-0.25, -0.2) is 0 Å². The van der Waals surface area contributed by atoms with Crippen LogP contribution in [0.25, 0.3) is 0 Å². The summed E-state index contributed by atoms with van der Waals surface area (Å²) >= 11 is 0. The molecule has 90 valence electrons. The summed E-state index contributed by atoms with van der Waals surface area (Å²) in [6, 6.07) is 0.528. The van der Waals surface area contributed by atoms with E-state index in [4.69, 9.17) is 4.74 Å². The van der Waals surface area contributed by atoms with Gasteiger partial charge in [0, 0.05) is 24.7 Å². The number of rotatable bonds is 0. The molecule has 0 unspecified atom stereocenters. The van der Waals surface area contributed by atoms with Gasteiger partial charge < -0.3 is 4.74 Å². The van der Waals surface area contributed by atoms with E-state index in [-0.39, 0.29) is 11.0 Å². The smallest absolute Gasteiger partial charge is 0.0627 e. The van der Waals surface area contributed by atoms with Crippen LogP contribution in [0.15, 0.2) is 0 Å². The van der Waals surface area contributed by atoms with Crippen LogP contribution in [0, 0.1) is 5.41 Å². The Labute approximate surface area is 95.0 Å². The Bertz CT molecular complexity index is 178. The first-order valence-electron chi connectivity index (χ1n) is 6.07. The van der Waals surface area contributed by atoms with E-state index in [1.54, 1.807) is 0 Å². The van der Waals surface area contributed by atoms with Gasteiger partial charge >= 0.3 is 0 Å². The molecule has 0 spiro atoms. The molecule has 0 saturated carbocycles. The molecule has 0 aromatic carbocycles. The third-order valence-electron chi connectivity index (χ3n) is 3.20. The molecule has 1 rings (SSSR count). The second-order valence-electron chi connectivity index (χ2n) is 6.67. The second kappa shape index (κ2) is 4.42. The van der Waals surface area contributed by atoms with Crippen molar-refractivity contribution in [2.75, 3.05) is 19.8 Å². The minimum Gasteiger partial charge on any atom is -0.380 e. The van der Waals surface area contributed by atoms with Gasteiger partial charge in [-0.3, -0.25) is 4.90 Å².